The van der Waals surface area contributed by atoms with Gasteiger partial charge < -0.3 is 10.2 Å². The minimum atomic E-state index is -4.70. The summed E-state index contributed by atoms with van der Waals surface area (Å²) in [7, 11) is 1.70. The maximum atomic E-state index is 14.7. The van der Waals surface area contributed by atoms with Gasteiger partial charge >= 0.3 is 6.18 Å². The highest BCUT2D eigenvalue weighted by molar-refractivity contribution is 7.81. The Morgan fingerprint density at radius 3 is 2.55 bits per heavy atom. The number of aromatic nitrogens is 1. The summed E-state index contributed by atoms with van der Waals surface area (Å²) in [4.78, 5) is 23.5. The highest BCUT2D eigenvalue weighted by Gasteiger charge is 2.59. The highest BCUT2D eigenvalue weighted by Crippen LogP contribution is 2.48. The zero-order valence-corrected chi connectivity index (χ0v) is 18.6. The third kappa shape index (κ3) is 3.78. The second kappa shape index (κ2) is 8.45. The van der Waals surface area contributed by atoms with Crippen molar-refractivity contribution in [3.8, 4) is 0 Å². The van der Waals surface area contributed by atoms with Crippen LogP contribution in [0.2, 0.25) is 0 Å². The SMILES string of the molecule is C=NCc1ncc(N2C(=O)C3(CCC3)N(c3ccc(CNC)c(F)c3)C2=S)cc1C(F)(F)F. The van der Waals surface area contributed by atoms with Gasteiger partial charge in [0.2, 0.25) is 0 Å². The van der Waals surface area contributed by atoms with Crippen LogP contribution in [-0.2, 0) is 24.1 Å². The average molecular weight is 480 g/mol. The number of anilines is 2. The standard InChI is InChI=1S/C22H21F4N5OS/c1-27-10-13-4-5-14(9-17(13)23)31-20(33)30(19(32)21(31)6-3-7-21)15-8-16(22(24,25)26)18(12-28-2)29-11-15/h4-5,8-9,11,27H,2-3,6-7,10,12H2,1H3. The van der Waals surface area contributed by atoms with Gasteiger partial charge in [0.25, 0.3) is 5.91 Å². The molecule has 11 heteroatoms. The van der Waals surface area contributed by atoms with Crippen LogP contribution in [0.4, 0.5) is 28.9 Å². The molecule has 2 aliphatic rings. The van der Waals surface area contributed by atoms with E-state index in [0.29, 0.717) is 30.6 Å². The molecule has 174 valence electrons. The Balaban J connectivity index is 1.78. The first-order valence-electron chi connectivity index (χ1n) is 10.2. The lowest BCUT2D eigenvalue weighted by atomic mass is 9.75. The quantitative estimate of drug-likeness (QED) is 0.382. The van der Waals surface area contributed by atoms with Crippen LogP contribution in [0.3, 0.4) is 0 Å². The molecule has 0 atom stereocenters. The number of aliphatic imine (C=N–C) groups is 1. The van der Waals surface area contributed by atoms with Gasteiger partial charge in [-0.05, 0) is 63.4 Å². The number of alkyl halides is 3. The molecule has 1 amide bonds. The molecule has 1 aliphatic carbocycles. The third-order valence-corrected chi connectivity index (χ3v) is 6.40. The lowest BCUT2D eigenvalue weighted by Crippen LogP contribution is -2.55. The first-order valence-corrected chi connectivity index (χ1v) is 10.7. The number of amides is 1. The van der Waals surface area contributed by atoms with Gasteiger partial charge in [0.1, 0.15) is 11.4 Å². The predicted molar refractivity (Wildman–Crippen MR) is 121 cm³/mol. The van der Waals surface area contributed by atoms with Gasteiger partial charge in [0, 0.05) is 17.8 Å². The minimum Gasteiger partial charge on any atom is -0.316 e. The molecule has 2 aromatic rings. The van der Waals surface area contributed by atoms with E-state index in [1.165, 1.54) is 12.3 Å². The van der Waals surface area contributed by atoms with Crippen LogP contribution < -0.4 is 15.1 Å². The van der Waals surface area contributed by atoms with Crippen LogP contribution in [0.15, 0.2) is 35.5 Å². The molecule has 1 aliphatic heterocycles. The van der Waals surface area contributed by atoms with Gasteiger partial charge in [-0.1, -0.05) is 6.07 Å². The molecular weight excluding hydrogens is 458 g/mol. The summed E-state index contributed by atoms with van der Waals surface area (Å²) in [5.41, 5.74) is -1.62. The van der Waals surface area contributed by atoms with Gasteiger partial charge in [-0.3, -0.25) is 19.7 Å². The highest BCUT2D eigenvalue weighted by atomic mass is 32.1. The minimum absolute atomic E-state index is 0.00927. The molecule has 6 nitrogen and oxygen atoms in total. The van der Waals surface area contributed by atoms with Crippen molar-refractivity contribution in [1.29, 1.82) is 0 Å². The summed E-state index contributed by atoms with van der Waals surface area (Å²) in [6, 6.07) is 5.42. The fourth-order valence-corrected chi connectivity index (χ4v) is 4.77. The molecule has 2 fully saturated rings. The number of hydrogen-bond donors (Lipinski definition) is 1. The molecular formula is C22H21F4N5OS. The molecule has 4 rings (SSSR count). The summed E-state index contributed by atoms with van der Waals surface area (Å²) in [5, 5.41) is 2.87. The van der Waals surface area contributed by atoms with Crippen molar-refractivity contribution in [2.45, 2.75) is 44.1 Å². The van der Waals surface area contributed by atoms with E-state index in [2.05, 4.69) is 22.0 Å². The van der Waals surface area contributed by atoms with Crippen LogP contribution in [0.25, 0.3) is 0 Å². The van der Waals surface area contributed by atoms with Crippen molar-refractivity contribution < 1.29 is 22.4 Å². The van der Waals surface area contributed by atoms with Crippen LogP contribution in [-0.4, -0.2) is 35.3 Å². The number of pyridine rings is 1. The summed E-state index contributed by atoms with van der Waals surface area (Å²) in [6.45, 7) is 3.23. The summed E-state index contributed by atoms with van der Waals surface area (Å²) < 4.78 is 55.6. The predicted octanol–water partition coefficient (Wildman–Crippen LogP) is 4.22. The molecule has 1 N–H and O–H groups in total. The van der Waals surface area contributed by atoms with Crippen molar-refractivity contribution in [2.24, 2.45) is 4.99 Å². The summed E-state index contributed by atoms with van der Waals surface area (Å²) in [6.07, 6.45) is -1.87. The average Bonchev–Trinajstić information content (AvgIpc) is 2.96. The lowest BCUT2D eigenvalue weighted by Gasteiger charge is -2.43. The number of carbonyl (C=O) groups is 1. The van der Waals surface area contributed by atoms with Crippen LogP contribution in [0.5, 0.6) is 0 Å². The Morgan fingerprint density at radius 2 is 2.00 bits per heavy atom. The second-order valence-corrected chi connectivity index (χ2v) is 8.38. The Kier molecular flexibility index (Phi) is 5.95. The van der Waals surface area contributed by atoms with Gasteiger partial charge in [0.15, 0.2) is 5.11 Å². The first kappa shape index (κ1) is 23.2. The largest absolute Gasteiger partial charge is 0.418 e. The third-order valence-electron chi connectivity index (χ3n) is 6.04. The molecule has 1 saturated carbocycles. The number of carbonyl (C=O) groups excluding carboxylic acids is 1. The number of nitrogens with one attached hydrogen (secondary N) is 1. The van der Waals surface area contributed by atoms with Gasteiger partial charge in [-0.25, -0.2) is 4.39 Å². The van der Waals surface area contributed by atoms with Crippen molar-refractivity contribution >= 4 is 41.3 Å². The van der Waals surface area contributed by atoms with E-state index in [0.717, 1.165) is 17.4 Å². The topological polar surface area (TPSA) is 60.8 Å². The van der Waals surface area contributed by atoms with Gasteiger partial charge in [0.05, 0.1) is 29.7 Å². The van der Waals surface area contributed by atoms with E-state index in [9.17, 15) is 22.4 Å². The van der Waals surface area contributed by atoms with Crippen molar-refractivity contribution in [3.05, 3.63) is 53.1 Å². The Labute approximate surface area is 193 Å². The molecule has 0 bridgehead atoms. The van der Waals surface area contributed by atoms with E-state index >= 15 is 0 Å². The fraction of sp³-hybridized carbons (Fsp3) is 0.364. The molecule has 2 heterocycles. The maximum Gasteiger partial charge on any atom is 0.418 e. The molecule has 1 aromatic heterocycles. The smallest absolute Gasteiger partial charge is 0.316 e. The molecule has 33 heavy (non-hydrogen) atoms. The molecule has 1 aromatic carbocycles. The van der Waals surface area contributed by atoms with Crippen molar-refractivity contribution in [2.75, 3.05) is 16.8 Å². The zero-order chi connectivity index (χ0) is 24.0. The van der Waals surface area contributed by atoms with Gasteiger partial charge in [-0.2, -0.15) is 13.2 Å². The van der Waals surface area contributed by atoms with E-state index in [1.54, 1.807) is 24.1 Å². The summed E-state index contributed by atoms with van der Waals surface area (Å²) in [5.74, 6) is -0.907. The normalized spacial score (nSPS) is 17.6. The number of halogens is 4. The number of thiocarbonyl (C=S) groups is 1. The van der Waals surface area contributed by atoms with E-state index < -0.39 is 29.0 Å². The molecule has 0 unspecified atom stereocenters. The fourth-order valence-electron chi connectivity index (χ4n) is 4.30. The Bertz CT molecular complexity index is 1130. The Hall–Kier alpha value is -2.92. The van der Waals surface area contributed by atoms with Gasteiger partial charge in [-0.15, -0.1) is 0 Å². The van der Waals surface area contributed by atoms with Crippen molar-refractivity contribution in [3.63, 3.8) is 0 Å². The lowest BCUT2D eigenvalue weighted by molar-refractivity contribution is -0.138. The second-order valence-electron chi connectivity index (χ2n) is 8.02. The molecule has 0 radical (unpaired) electrons. The monoisotopic (exact) mass is 479 g/mol. The van der Waals surface area contributed by atoms with Crippen LogP contribution >= 0.6 is 12.2 Å². The first-order chi connectivity index (χ1) is 15.6. The zero-order valence-electron chi connectivity index (χ0n) is 17.7. The van der Waals surface area contributed by atoms with Crippen LogP contribution in [0, 0.1) is 5.82 Å². The van der Waals surface area contributed by atoms with Crippen LogP contribution in [0.1, 0.15) is 36.1 Å². The number of rotatable bonds is 6. The summed E-state index contributed by atoms with van der Waals surface area (Å²) >= 11 is 5.56. The number of nitrogens with zero attached hydrogens (tertiary/aromatic N) is 4. The van der Waals surface area contributed by atoms with E-state index in [1.807, 2.05) is 0 Å². The Morgan fingerprint density at radius 1 is 1.27 bits per heavy atom. The van der Waals surface area contributed by atoms with E-state index in [4.69, 9.17) is 12.2 Å². The van der Waals surface area contributed by atoms with E-state index in [-0.39, 0.29) is 23.0 Å². The maximum absolute atomic E-state index is 14.7. The van der Waals surface area contributed by atoms with Crippen molar-refractivity contribution in [1.82, 2.24) is 10.3 Å². The molecule has 1 saturated heterocycles. The number of benzene rings is 1. The number of hydrogen-bond acceptors (Lipinski definition) is 5. The molecule has 1 spiro atoms.